The van der Waals surface area contributed by atoms with Crippen LogP contribution >= 0.6 is 0 Å². The van der Waals surface area contributed by atoms with Gasteiger partial charge in [0.05, 0.1) is 18.8 Å². The fourth-order valence-electron chi connectivity index (χ4n) is 3.08. The van der Waals surface area contributed by atoms with Gasteiger partial charge < -0.3 is 4.74 Å². The summed E-state index contributed by atoms with van der Waals surface area (Å²) in [6.45, 7) is 8.43. The van der Waals surface area contributed by atoms with E-state index in [1.807, 2.05) is 30.9 Å². The van der Waals surface area contributed by atoms with Crippen molar-refractivity contribution in [1.82, 2.24) is 15.1 Å². The number of nitrogens with one attached hydrogen (secondary N) is 1. The van der Waals surface area contributed by atoms with Crippen LogP contribution < -0.4 is 5.32 Å². The van der Waals surface area contributed by atoms with Crippen molar-refractivity contribution in [2.24, 2.45) is 0 Å². The van der Waals surface area contributed by atoms with Crippen molar-refractivity contribution in [3.63, 3.8) is 0 Å². The summed E-state index contributed by atoms with van der Waals surface area (Å²) in [5, 5.41) is 7.82. The Hall–Kier alpha value is -1.36. The van der Waals surface area contributed by atoms with Gasteiger partial charge in [0.25, 0.3) is 0 Å². The molecule has 1 aromatic rings. The topological polar surface area (TPSA) is 56.1 Å². The van der Waals surface area contributed by atoms with Crippen LogP contribution in [0.4, 0.5) is 0 Å². The lowest BCUT2D eigenvalue weighted by molar-refractivity contribution is -0.151. The third kappa shape index (κ3) is 3.03. The van der Waals surface area contributed by atoms with E-state index in [1.54, 1.807) is 0 Å². The Kier molecular flexibility index (Phi) is 4.48. The molecule has 0 aromatic carbocycles. The van der Waals surface area contributed by atoms with Gasteiger partial charge in [-0.1, -0.05) is 0 Å². The normalized spacial score (nSPS) is 26.1. The molecule has 2 unspecified atom stereocenters. The van der Waals surface area contributed by atoms with E-state index in [-0.39, 0.29) is 18.1 Å². The number of carbonyl (C=O) groups excluding carboxylic acids is 1. The summed E-state index contributed by atoms with van der Waals surface area (Å²) in [5.74, 6) is -0.125. The average molecular weight is 279 g/mol. The Morgan fingerprint density at radius 2 is 2.40 bits per heavy atom. The maximum Gasteiger partial charge on any atom is 0.326 e. The number of nitrogens with zero attached hydrogens (tertiary/aromatic N) is 2. The second-order valence-corrected chi connectivity index (χ2v) is 6.00. The first kappa shape index (κ1) is 15.0. The summed E-state index contributed by atoms with van der Waals surface area (Å²) in [5.41, 5.74) is 0.588. The highest BCUT2D eigenvalue weighted by atomic mass is 16.5. The van der Waals surface area contributed by atoms with Crippen molar-refractivity contribution < 1.29 is 9.53 Å². The standard InChI is InChI=1S/C15H25N3O2/c1-5-20-14(19)15(17-11(2)3)7-6-13(8-15)18-10-12(4)9-16-18/h9-11,13,17H,5-8H2,1-4H3. The van der Waals surface area contributed by atoms with E-state index in [9.17, 15) is 4.79 Å². The number of hydrogen-bond donors (Lipinski definition) is 1. The van der Waals surface area contributed by atoms with E-state index >= 15 is 0 Å². The van der Waals surface area contributed by atoms with Gasteiger partial charge in [0.15, 0.2) is 0 Å². The Labute approximate surface area is 120 Å². The van der Waals surface area contributed by atoms with Gasteiger partial charge in [0.1, 0.15) is 5.54 Å². The second-order valence-electron chi connectivity index (χ2n) is 6.00. The van der Waals surface area contributed by atoms with Gasteiger partial charge in [0.2, 0.25) is 0 Å². The largest absolute Gasteiger partial charge is 0.465 e. The lowest BCUT2D eigenvalue weighted by atomic mass is 9.96. The molecule has 0 spiro atoms. The Bertz CT molecular complexity index is 469. The summed E-state index contributed by atoms with van der Waals surface area (Å²) in [7, 11) is 0. The zero-order valence-electron chi connectivity index (χ0n) is 12.8. The van der Waals surface area contributed by atoms with E-state index in [4.69, 9.17) is 4.74 Å². The molecule has 20 heavy (non-hydrogen) atoms. The van der Waals surface area contributed by atoms with Crippen molar-refractivity contribution in [2.45, 2.75) is 64.6 Å². The number of carbonyl (C=O) groups is 1. The van der Waals surface area contributed by atoms with Crippen molar-refractivity contribution in [2.75, 3.05) is 6.61 Å². The first-order valence-electron chi connectivity index (χ1n) is 7.42. The van der Waals surface area contributed by atoms with E-state index in [2.05, 4.69) is 24.3 Å². The second kappa shape index (κ2) is 5.95. The lowest BCUT2D eigenvalue weighted by Gasteiger charge is -2.30. The van der Waals surface area contributed by atoms with Crippen LogP contribution in [0, 0.1) is 6.92 Å². The minimum Gasteiger partial charge on any atom is -0.465 e. The summed E-state index contributed by atoms with van der Waals surface area (Å²) in [6.07, 6.45) is 6.39. The molecule has 1 aliphatic carbocycles. The molecule has 5 heteroatoms. The molecule has 2 atom stereocenters. The molecule has 0 radical (unpaired) electrons. The minimum absolute atomic E-state index is 0.125. The SMILES string of the molecule is CCOC(=O)C1(NC(C)C)CCC(n2cc(C)cn2)C1. The van der Waals surface area contributed by atoms with Crippen molar-refractivity contribution in [3.8, 4) is 0 Å². The number of aromatic nitrogens is 2. The molecule has 1 aliphatic rings. The van der Waals surface area contributed by atoms with Gasteiger partial charge in [-0.15, -0.1) is 0 Å². The smallest absolute Gasteiger partial charge is 0.326 e. The van der Waals surface area contributed by atoms with Gasteiger partial charge in [-0.25, -0.2) is 0 Å². The molecule has 5 nitrogen and oxygen atoms in total. The van der Waals surface area contributed by atoms with E-state index < -0.39 is 5.54 Å². The quantitative estimate of drug-likeness (QED) is 0.840. The predicted molar refractivity (Wildman–Crippen MR) is 77.5 cm³/mol. The summed E-state index contributed by atoms with van der Waals surface area (Å²) in [6, 6.07) is 0.511. The third-order valence-corrected chi connectivity index (χ3v) is 3.82. The Balaban J connectivity index is 2.16. The number of rotatable bonds is 5. The molecule has 1 N–H and O–H groups in total. The number of ether oxygens (including phenoxy) is 1. The zero-order valence-corrected chi connectivity index (χ0v) is 12.8. The fraction of sp³-hybridized carbons (Fsp3) is 0.733. The summed E-state index contributed by atoms with van der Waals surface area (Å²) >= 11 is 0. The van der Waals surface area contributed by atoms with E-state index in [0.717, 1.165) is 24.8 Å². The van der Waals surface area contributed by atoms with Crippen molar-refractivity contribution >= 4 is 5.97 Å². The molecule has 2 rings (SSSR count). The number of hydrogen-bond acceptors (Lipinski definition) is 4. The third-order valence-electron chi connectivity index (χ3n) is 3.82. The maximum absolute atomic E-state index is 12.4. The first-order chi connectivity index (χ1) is 9.47. The maximum atomic E-state index is 12.4. The molecule has 0 amide bonds. The lowest BCUT2D eigenvalue weighted by Crippen LogP contribution is -2.53. The molecule has 0 saturated heterocycles. The van der Waals surface area contributed by atoms with E-state index in [1.165, 1.54) is 0 Å². The molecule has 1 saturated carbocycles. The van der Waals surface area contributed by atoms with Crippen LogP contribution in [0.3, 0.4) is 0 Å². The van der Waals surface area contributed by atoms with Crippen LogP contribution in [0.1, 0.15) is 51.6 Å². The zero-order chi connectivity index (χ0) is 14.8. The van der Waals surface area contributed by atoms with Gasteiger partial charge in [-0.3, -0.25) is 14.8 Å². The molecule has 0 bridgehead atoms. The highest BCUT2D eigenvalue weighted by molar-refractivity contribution is 5.81. The van der Waals surface area contributed by atoms with Gasteiger partial charge >= 0.3 is 5.97 Å². The highest BCUT2D eigenvalue weighted by Gasteiger charge is 2.47. The summed E-state index contributed by atoms with van der Waals surface area (Å²) < 4.78 is 7.27. The van der Waals surface area contributed by atoms with Crippen LogP contribution in [-0.4, -0.2) is 33.9 Å². The predicted octanol–water partition coefficient (Wildman–Crippen LogP) is 2.22. The number of esters is 1. The van der Waals surface area contributed by atoms with Crippen molar-refractivity contribution in [1.29, 1.82) is 0 Å². The van der Waals surface area contributed by atoms with Crippen LogP contribution in [-0.2, 0) is 9.53 Å². The average Bonchev–Trinajstić information content (AvgIpc) is 2.96. The van der Waals surface area contributed by atoms with Gasteiger partial charge in [-0.05, 0) is 52.5 Å². The molecule has 1 fully saturated rings. The van der Waals surface area contributed by atoms with Crippen LogP contribution in [0.25, 0.3) is 0 Å². The molecule has 1 aromatic heterocycles. The molecule has 0 aliphatic heterocycles. The molecule has 112 valence electrons. The van der Waals surface area contributed by atoms with Gasteiger partial charge in [-0.2, -0.15) is 5.10 Å². The van der Waals surface area contributed by atoms with Crippen LogP contribution in [0.5, 0.6) is 0 Å². The fourth-order valence-corrected chi connectivity index (χ4v) is 3.08. The Morgan fingerprint density at radius 1 is 1.65 bits per heavy atom. The number of aryl methyl sites for hydroxylation is 1. The monoisotopic (exact) mass is 279 g/mol. The van der Waals surface area contributed by atoms with E-state index in [0.29, 0.717) is 6.61 Å². The van der Waals surface area contributed by atoms with Gasteiger partial charge in [0, 0.05) is 12.2 Å². The van der Waals surface area contributed by atoms with Crippen LogP contribution in [0.2, 0.25) is 0 Å². The Morgan fingerprint density at radius 3 is 2.95 bits per heavy atom. The minimum atomic E-state index is -0.561. The summed E-state index contributed by atoms with van der Waals surface area (Å²) in [4.78, 5) is 12.4. The van der Waals surface area contributed by atoms with Crippen LogP contribution in [0.15, 0.2) is 12.4 Å². The first-order valence-corrected chi connectivity index (χ1v) is 7.42. The molecular weight excluding hydrogens is 254 g/mol. The molecule has 1 heterocycles. The molecular formula is C15H25N3O2. The van der Waals surface area contributed by atoms with Crippen molar-refractivity contribution in [3.05, 3.63) is 18.0 Å². The highest BCUT2D eigenvalue weighted by Crippen LogP contribution is 2.38.